The molecule has 0 saturated carbocycles. The lowest BCUT2D eigenvalue weighted by molar-refractivity contribution is -0.133. The van der Waals surface area contributed by atoms with Gasteiger partial charge >= 0.3 is 6.09 Å². The molecule has 6 nitrogen and oxygen atoms in total. The van der Waals surface area contributed by atoms with E-state index in [0.717, 1.165) is 25.8 Å². The average molecular weight is 271 g/mol. The summed E-state index contributed by atoms with van der Waals surface area (Å²) in [5, 5.41) is 2.72. The van der Waals surface area contributed by atoms with Crippen molar-refractivity contribution >= 4 is 12.0 Å². The SMILES string of the molecule is CC(C)(C)OC(=O)NC[C@H]1CCCCN1C(=O)CN. The van der Waals surface area contributed by atoms with Gasteiger partial charge in [0.25, 0.3) is 0 Å². The second-order valence-electron chi connectivity index (χ2n) is 5.82. The van der Waals surface area contributed by atoms with E-state index in [1.54, 1.807) is 4.90 Å². The summed E-state index contributed by atoms with van der Waals surface area (Å²) >= 11 is 0. The van der Waals surface area contributed by atoms with Crippen LogP contribution in [0.5, 0.6) is 0 Å². The lowest BCUT2D eigenvalue weighted by Crippen LogP contribution is -2.51. The fraction of sp³-hybridized carbons (Fsp3) is 0.846. The van der Waals surface area contributed by atoms with Crippen molar-refractivity contribution in [3.05, 3.63) is 0 Å². The minimum absolute atomic E-state index is 0.0168. The quantitative estimate of drug-likeness (QED) is 0.797. The third kappa shape index (κ3) is 5.46. The maximum atomic E-state index is 11.7. The van der Waals surface area contributed by atoms with Crippen molar-refractivity contribution in [3.8, 4) is 0 Å². The minimum Gasteiger partial charge on any atom is -0.444 e. The van der Waals surface area contributed by atoms with Gasteiger partial charge in [0.15, 0.2) is 0 Å². The minimum atomic E-state index is -0.511. The van der Waals surface area contributed by atoms with E-state index in [-0.39, 0.29) is 18.5 Å². The highest BCUT2D eigenvalue weighted by atomic mass is 16.6. The molecule has 110 valence electrons. The molecule has 1 saturated heterocycles. The first-order valence-corrected chi connectivity index (χ1v) is 6.80. The summed E-state index contributed by atoms with van der Waals surface area (Å²) in [4.78, 5) is 25.1. The molecule has 3 N–H and O–H groups in total. The van der Waals surface area contributed by atoms with Crippen LogP contribution in [0.2, 0.25) is 0 Å². The molecule has 0 unspecified atom stereocenters. The Kier molecular flexibility index (Phi) is 5.60. The number of likely N-dealkylation sites (tertiary alicyclic amines) is 1. The summed E-state index contributed by atoms with van der Waals surface area (Å²) in [7, 11) is 0. The Balaban J connectivity index is 2.45. The Labute approximate surface area is 114 Å². The molecule has 0 spiro atoms. The van der Waals surface area contributed by atoms with E-state index in [4.69, 9.17) is 10.5 Å². The van der Waals surface area contributed by atoms with Crippen molar-refractivity contribution in [1.29, 1.82) is 0 Å². The first-order valence-electron chi connectivity index (χ1n) is 6.80. The summed E-state index contributed by atoms with van der Waals surface area (Å²) in [5.41, 5.74) is 4.89. The van der Waals surface area contributed by atoms with Crippen LogP contribution in [0, 0.1) is 0 Å². The van der Waals surface area contributed by atoms with Gasteiger partial charge in [0.1, 0.15) is 5.60 Å². The lowest BCUT2D eigenvalue weighted by atomic mass is 10.0. The molecular weight excluding hydrogens is 246 g/mol. The lowest BCUT2D eigenvalue weighted by Gasteiger charge is -2.35. The topological polar surface area (TPSA) is 84.7 Å². The molecule has 6 heteroatoms. The van der Waals surface area contributed by atoms with Crippen molar-refractivity contribution in [2.45, 2.75) is 51.7 Å². The van der Waals surface area contributed by atoms with Crippen molar-refractivity contribution < 1.29 is 14.3 Å². The van der Waals surface area contributed by atoms with Gasteiger partial charge in [0.2, 0.25) is 5.91 Å². The van der Waals surface area contributed by atoms with E-state index in [2.05, 4.69) is 5.32 Å². The van der Waals surface area contributed by atoms with E-state index < -0.39 is 11.7 Å². The summed E-state index contributed by atoms with van der Waals surface area (Å²) in [5.74, 6) is -0.0595. The van der Waals surface area contributed by atoms with Gasteiger partial charge in [-0.15, -0.1) is 0 Å². The largest absolute Gasteiger partial charge is 0.444 e. The Morgan fingerprint density at radius 2 is 2.05 bits per heavy atom. The number of piperidine rings is 1. The Hall–Kier alpha value is -1.30. The number of carbonyl (C=O) groups excluding carboxylic acids is 2. The highest BCUT2D eigenvalue weighted by molar-refractivity contribution is 5.78. The Morgan fingerprint density at radius 1 is 1.37 bits per heavy atom. The predicted molar refractivity (Wildman–Crippen MR) is 72.6 cm³/mol. The van der Waals surface area contributed by atoms with Crippen molar-refractivity contribution in [3.63, 3.8) is 0 Å². The normalized spacial score (nSPS) is 20.0. The van der Waals surface area contributed by atoms with Crippen molar-refractivity contribution in [2.24, 2.45) is 5.73 Å². The van der Waals surface area contributed by atoms with E-state index in [1.807, 2.05) is 20.8 Å². The molecular formula is C13H25N3O3. The Bertz CT molecular complexity index is 326. The van der Waals surface area contributed by atoms with Crippen LogP contribution in [0.25, 0.3) is 0 Å². The van der Waals surface area contributed by atoms with Crippen LogP contribution in [0.3, 0.4) is 0 Å². The van der Waals surface area contributed by atoms with Crippen LogP contribution in [0.15, 0.2) is 0 Å². The number of carbonyl (C=O) groups is 2. The molecule has 0 aliphatic carbocycles. The van der Waals surface area contributed by atoms with E-state index in [9.17, 15) is 9.59 Å². The predicted octanol–water partition coefficient (Wildman–Crippen LogP) is 0.851. The maximum absolute atomic E-state index is 11.7. The van der Waals surface area contributed by atoms with Gasteiger partial charge in [-0.3, -0.25) is 4.79 Å². The van der Waals surface area contributed by atoms with Gasteiger partial charge in [-0.1, -0.05) is 0 Å². The summed E-state index contributed by atoms with van der Waals surface area (Å²) in [6, 6.07) is 0.0253. The number of amides is 2. The maximum Gasteiger partial charge on any atom is 0.407 e. The summed E-state index contributed by atoms with van der Waals surface area (Å²) in [6.45, 7) is 6.60. The molecule has 0 aromatic rings. The first-order chi connectivity index (χ1) is 8.83. The highest BCUT2D eigenvalue weighted by Crippen LogP contribution is 2.16. The Morgan fingerprint density at radius 3 is 2.63 bits per heavy atom. The fourth-order valence-corrected chi connectivity index (χ4v) is 2.17. The van der Waals surface area contributed by atoms with Gasteiger partial charge in [-0.25, -0.2) is 4.79 Å². The number of nitrogens with one attached hydrogen (secondary N) is 1. The molecule has 0 aromatic carbocycles. The van der Waals surface area contributed by atoms with Crippen LogP contribution in [0.4, 0.5) is 4.79 Å². The molecule has 0 radical (unpaired) electrons. The van der Waals surface area contributed by atoms with E-state index >= 15 is 0 Å². The number of alkyl carbamates (subject to hydrolysis) is 1. The third-order valence-corrected chi connectivity index (χ3v) is 3.00. The number of rotatable bonds is 3. The number of hydrogen-bond donors (Lipinski definition) is 2. The zero-order valence-electron chi connectivity index (χ0n) is 12.1. The van der Waals surface area contributed by atoms with Crippen LogP contribution in [0.1, 0.15) is 40.0 Å². The molecule has 1 aliphatic heterocycles. The molecule has 1 atom stereocenters. The monoisotopic (exact) mass is 271 g/mol. The van der Waals surface area contributed by atoms with Crippen LogP contribution in [-0.2, 0) is 9.53 Å². The molecule has 1 fully saturated rings. The van der Waals surface area contributed by atoms with Gasteiger partial charge in [0.05, 0.1) is 6.54 Å². The number of ether oxygens (including phenoxy) is 1. The second-order valence-corrected chi connectivity index (χ2v) is 5.82. The molecule has 1 heterocycles. The fourth-order valence-electron chi connectivity index (χ4n) is 2.17. The first kappa shape index (κ1) is 15.8. The zero-order chi connectivity index (χ0) is 14.5. The van der Waals surface area contributed by atoms with Gasteiger partial charge in [-0.2, -0.15) is 0 Å². The smallest absolute Gasteiger partial charge is 0.407 e. The van der Waals surface area contributed by atoms with Gasteiger partial charge < -0.3 is 20.7 Å². The van der Waals surface area contributed by atoms with Crippen LogP contribution < -0.4 is 11.1 Å². The summed E-state index contributed by atoms with van der Waals surface area (Å²) in [6.07, 6.45) is 2.50. The van der Waals surface area contributed by atoms with E-state index in [1.165, 1.54) is 0 Å². The molecule has 0 bridgehead atoms. The molecule has 1 aliphatic rings. The molecule has 19 heavy (non-hydrogen) atoms. The van der Waals surface area contributed by atoms with Crippen LogP contribution in [-0.4, -0.2) is 48.2 Å². The van der Waals surface area contributed by atoms with E-state index in [0.29, 0.717) is 6.54 Å². The van der Waals surface area contributed by atoms with Gasteiger partial charge in [-0.05, 0) is 40.0 Å². The molecule has 2 amide bonds. The second kappa shape index (κ2) is 6.75. The molecule has 1 rings (SSSR count). The molecule has 0 aromatic heterocycles. The van der Waals surface area contributed by atoms with Gasteiger partial charge in [0, 0.05) is 19.1 Å². The van der Waals surface area contributed by atoms with Crippen LogP contribution >= 0.6 is 0 Å². The highest BCUT2D eigenvalue weighted by Gasteiger charge is 2.26. The number of nitrogens with zero attached hydrogens (tertiary/aromatic N) is 1. The number of hydrogen-bond acceptors (Lipinski definition) is 4. The zero-order valence-corrected chi connectivity index (χ0v) is 12.1. The van der Waals surface area contributed by atoms with Crippen molar-refractivity contribution in [1.82, 2.24) is 10.2 Å². The van der Waals surface area contributed by atoms with Crippen molar-refractivity contribution in [2.75, 3.05) is 19.6 Å². The average Bonchev–Trinajstić information content (AvgIpc) is 2.33. The summed E-state index contributed by atoms with van der Waals surface area (Å²) < 4.78 is 5.17. The number of nitrogens with two attached hydrogens (primary N) is 1. The third-order valence-electron chi connectivity index (χ3n) is 3.00. The standard InChI is InChI=1S/C13H25N3O3/c1-13(2,3)19-12(18)15-9-10-6-4-5-7-16(10)11(17)8-14/h10H,4-9,14H2,1-3H3,(H,15,18)/t10-/m1/s1.